The summed E-state index contributed by atoms with van der Waals surface area (Å²) in [6, 6.07) is 0.882. The molecule has 1 heterocycles. The average Bonchev–Trinajstić information content (AvgIpc) is 2.08. The van der Waals surface area contributed by atoms with Gasteiger partial charge >= 0.3 is 5.97 Å². The van der Waals surface area contributed by atoms with E-state index in [-0.39, 0.29) is 5.75 Å². The molecule has 0 fully saturated rings. The minimum Gasteiger partial charge on any atom is -0.487 e. The lowest BCUT2D eigenvalue weighted by molar-refractivity contribution is 0.0658. The van der Waals surface area contributed by atoms with Crippen molar-refractivity contribution in [3.63, 3.8) is 0 Å². The molecule has 0 saturated carbocycles. The first-order valence-corrected chi connectivity index (χ1v) is 3.64. The van der Waals surface area contributed by atoms with Gasteiger partial charge in [0.2, 0.25) is 16.9 Å². The third kappa shape index (κ3) is 2.08. The second kappa shape index (κ2) is 3.75. The number of ether oxygens (including phenoxy) is 1. The van der Waals surface area contributed by atoms with Crippen LogP contribution in [0.5, 0.6) is 5.75 Å². The van der Waals surface area contributed by atoms with Crippen LogP contribution in [0, 0.1) is 0 Å². The topological polar surface area (TPSA) is 76.7 Å². The van der Waals surface area contributed by atoms with Gasteiger partial charge in [-0.3, -0.25) is 4.79 Å². The Morgan fingerprint density at radius 2 is 2.38 bits per heavy atom. The van der Waals surface area contributed by atoms with Crippen LogP contribution >= 0.6 is 0 Å². The lowest BCUT2D eigenvalue weighted by atomic mass is 10.4. The number of rotatable bonds is 3. The zero-order valence-electron chi connectivity index (χ0n) is 6.94. The predicted molar refractivity (Wildman–Crippen MR) is 43.1 cm³/mol. The summed E-state index contributed by atoms with van der Waals surface area (Å²) in [5.74, 6) is -1.65. The molecule has 70 valence electrons. The van der Waals surface area contributed by atoms with Crippen LogP contribution in [0.3, 0.4) is 0 Å². The molecule has 0 aliphatic carbocycles. The fraction of sp³-hybridized carbons (Fsp3) is 0.250. The number of aromatic carboxylic acids is 1. The molecule has 0 aromatic carbocycles. The molecule has 0 unspecified atom stereocenters. The molecule has 0 aliphatic rings. The van der Waals surface area contributed by atoms with Gasteiger partial charge in [0.05, 0.1) is 6.61 Å². The first-order valence-electron chi connectivity index (χ1n) is 3.64. The fourth-order valence-electron chi connectivity index (χ4n) is 0.772. The maximum atomic E-state index is 11.1. The molecule has 5 heteroatoms. The molecule has 0 radical (unpaired) electrons. The Kier molecular flexibility index (Phi) is 2.69. The molecule has 13 heavy (non-hydrogen) atoms. The third-order valence-corrected chi connectivity index (χ3v) is 1.31. The van der Waals surface area contributed by atoms with Crippen molar-refractivity contribution in [3.8, 4) is 5.75 Å². The van der Waals surface area contributed by atoms with E-state index in [4.69, 9.17) is 9.84 Å². The third-order valence-electron chi connectivity index (χ3n) is 1.31. The molecule has 1 rings (SSSR count). The van der Waals surface area contributed by atoms with E-state index >= 15 is 0 Å². The van der Waals surface area contributed by atoms with E-state index in [1.807, 2.05) is 0 Å². The standard InChI is InChI=1S/C8H8O5/c1-2-12-7-4-13-6(8(10)11)3-5(7)9/h3-4H,2H2,1H3,(H,10,11). The number of carbonyl (C=O) groups is 1. The number of hydrogen-bond donors (Lipinski definition) is 1. The first kappa shape index (κ1) is 9.31. The fourth-order valence-corrected chi connectivity index (χ4v) is 0.772. The van der Waals surface area contributed by atoms with Gasteiger partial charge in [-0.05, 0) is 6.92 Å². The van der Waals surface area contributed by atoms with Crippen molar-refractivity contribution in [2.45, 2.75) is 6.92 Å². The Morgan fingerprint density at radius 3 is 2.85 bits per heavy atom. The van der Waals surface area contributed by atoms with Crippen LogP contribution in [0.1, 0.15) is 17.5 Å². The predicted octanol–water partition coefficient (Wildman–Crippen LogP) is 0.737. The first-order chi connectivity index (χ1) is 6.15. The van der Waals surface area contributed by atoms with Gasteiger partial charge in [-0.25, -0.2) is 4.79 Å². The lowest BCUT2D eigenvalue weighted by Crippen LogP contribution is -2.09. The molecule has 0 atom stereocenters. The maximum Gasteiger partial charge on any atom is 0.371 e. The summed E-state index contributed by atoms with van der Waals surface area (Å²) in [5, 5.41) is 8.46. The molecular formula is C8H8O5. The summed E-state index contributed by atoms with van der Waals surface area (Å²) in [6.07, 6.45) is 0.995. The molecule has 0 spiro atoms. The van der Waals surface area contributed by atoms with Crippen LogP contribution in [0.25, 0.3) is 0 Å². The van der Waals surface area contributed by atoms with Crippen LogP contribution in [0.2, 0.25) is 0 Å². The van der Waals surface area contributed by atoms with Crippen LogP contribution in [-0.2, 0) is 0 Å². The van der Waals surface area contributed by atoms with Crippen LogP contribution in [0.15, 0.2) is 21.5 Å². The summed E-state index contributed by atoms with van der Waals surface area (Å²) in [7, 11) is 0. The number of hydrogen-bond acceptors (Lipinski definition) is 4. The Hall–Kier alpha value is -1.78. The number of carboxylic acid groups (broad SMARTS) is 1. The van der Waals surface area contributed by atoms with Gasteiger partial charge in [0, 0.05) is 6.07 Å². The lowest BCUT2D eigenvalue weighted by Gasteiger charge is -1.99. The van der Waals surface area contributed by atoms with Crippen LogP contribution in [-0.4, -0.2) is 17.7 Å². The van der Waals surface area contributed by atoms with Gasteiger partial charge in [0.15, 0.2) is 0 Å². The molecular weight excluding hydrogens is 176 g/mol. The zero-order valence-corrected chi connectivity index (χ0v) is 6.94. The summed E-state index contributed by atoms with van der Waals surface area (Å²) >= 11 is 0. The van der Waals surface area contributed by atoms with Crippen molar-refractivity contribution in [3.05, 3.63) is 28.3 Å². The van der Waals surface area contributed by atoms with Gasteiger partial charge < -0.3 is 14.3 Å². The molecule has 0 aliphatic heterocycles. The van der Waals surface area contributed by atoms with Crippen molar-refractivity contribution in [2.75, 3.05) is 6.61 Å². The Labute approximate surface area is 73.6 Å². The van der Waals surface area contributed by atoms with E-state index in [9.17, 15) is 9.59 Å². The highest BCUT2D eigenvalue weighted by Crippen LogP contribution is 2.05. The molecule has 0 amide bonds. The van der Waals surface area contributed by atoms with Gasteiger partial charge in [-0.15, -0.1) is 0 Å². The normalized spacial score (nSPS) is 9.62. The van der Waals surface area contributed by atoms with Gasteiger partial charge in [-0.1, -0.05) is 0 Å². The van der Waals surface area contributed by atoms with E-state index in [0.29, 0.717) is 6.61 Å². The quantitative estimate of drug-likeness (QED) is 0.749. The van der Waals surface area contributed by atoms with E-state index in [1.165, 1.54) is 0 Å². The smallest absolute Gasteiger partial charge is 0.371 e. The van der Waals surface area contributed by atoms with Crippen molar-refractivity contribution < 1.29 is 19.1 Å². The average molecular weight is 184 g/mol. The highest BCUT2D eigenvalue weighted by atomic mass is 16.5. The van der Waals surface area contributed by atoms with Crippen LogP contribution < -0.4 is 10.2 Å². The summed E-state index contributed by atoms with van der Waals surface area (Å²) < 4.78 is 9.50. The molecule has 1 aromatic rings. The van der Waals surface area contributed by atoms with Crippen LogP contribution in [0.4, 0.5) is 0 Å². The molecule has 0 saturated heterocycles. The number of carboxylic acids is 1. The Balaban J connectivity index is 3.06. The molecule has 5 nitrogen and oxygen atoms in total. The highest BCUT2D eigenvalue weighted by Gasteiger charge is 2.09. The second-order valence-electron chi connectivity index (χ2n) is 2.21. The Morgan fingerprint density at radius 1 is 1.69 bits per heavy atom. The van der Waals surface area contributed by atoms with Crippen molar-refractivity contribution in [1.29, 1.82) is 0 Å². The largest absolute Gasteiger partial charge is 0.487 e. The van der Waals surface area contributed by atoms with E-state index in [0.717, 1.165) is 12.3 Å². The SMILES string of the molecule is CCOc1coc(C(=O)O)cc1=O. The second-order valence-corrected chi connectivity index (χ2v) is 2.21. The highest BCUT2D eigenvalue weighted by molar-refractivity contribution is 5.84. The van der Waals surface area contributed by atoms with Gasteiger partial charge in [0.25, 0.3) is 0 Å². The zero-order chi connectivity index (χ0) is 9.84. The van der Waals surface area contributed by atoms with E-state index in [2.05, 4.69) is 4.42 Å². The summed E-state index contributed by atoms with van der Waals surface area (Å²) in [5.41, 5.74) is -0.495. The monoisotopic (exact) mass is 184 g/mol. The minimum atomic E-state index is -1.28. The van der Waals surface area contributed by atoms with Gasteiger partial charge in [0.1, 0.15) is 6.26 Å². The van der Waals surface area contributed by atoms with Crippen molar-refractivity contribution in [1.82, 2.24) is 0 Å². The molecule has 1 aromatic heterocycles. The Bertz CT molecular complexity index is 365. The molecule has 0 bridgehead atoms. The summed E-state index contributed by atoms with van der Waals surface area (Å²) in [6.45, 7) is 2.04. The van der Waals surface area contributed by atoms with E-state index in [1.54, 1.807) is 6.92 Å². The minimum absolute atomic E-state index is 0.0208. The van der Waals surface area contributed by atoms with Crippen molar-refractivity contribution in [2.24, 2.45) is 0 Å². The maximum absolute atomic E-state index is 11.1. The van der Waals surface area contributed by atoms with E-state index < -0.39 is 17.2 Å². The molecule has 1 N–H and O–H groups in total. The summed E-state index contributed by atoms with van der Waals surface area (Å²) in [4.78, 5) is 21.4. The van der Waals surface area contributed by atoms with Crippen molar-refractivity contribution >= 4 is 5.97 Å². The van der Waals surface area contributed by atoms with Gasteiger partial charge in [-0.2, -0.15) is 0 Å².